The van der Waals surface area contributed by atoms with Gasteiger partial charge in [-0.2, -0.15) is 4.98 Å². The van der Waals surface area contributed by atoms with Crippen molar-refractivity contribution in [2.75, 3.05) is 5.73 Å². The number of hydrogen-bond acceptors (Lipinski definition) is 4. The number of rotatable bonds is 2. The van der Waals surface area contributed by atoms with Gasteiger partial charge in [-0.1, -0.05) is 13.8 Å². The molecule has 2 N–H and O–H groups in total. The maximum absolute atomic E-state index is 5.63. The van der Waals surface area contributed by atoms with Crippen molar-refractivity contribution in [1.29, 1.82) is 0 Å². The first-order valence-electron chi connectivity index (χ1n) is 5.51. The topological polar surface area (TPSA) is 61.0 Å². The highest BCUT2D eigenvalue weighted by Crippen LogP contribution is 2.25. The lowest BCUT2D eigenvalue weighted by atomic mass is 9.96. The smallest absolute Gasteiger partial charge is 0.223 e. The van der Waals surface area contributed by atoms with Crippen LogP contribution in [0.4, 0.5) is 5.95 Å². The molecule has 0 spiro atoms. The average molecular weight is 209 g/mol. The van der Waals surface area contributed by atoms with Gasteiger partial charge in [-0.05, 0) is 26.2 Å². The summed E-state index contributed by atoms with van der Waals surface area (Å²) in [5.74, 6) is 0.914. The van der Waals surface area contributed by atoms with Gasteiger partial charge in [-0.25, -0.2) is 4.98 Å². The van der Waals surface area contributed by atoms with Crippen molar-refractivity contribution < 1.29 is 4.74 Å². The minimum absolute atomic E-state index is 0.278. The minimum Gasteiger partial charge on any atom is -0.474 e. The molecule has 0 saturated heterocycles. The molecule has 2 rings (SSSR count). The summed E-state index contributed by atoms with van der Waals surface area (Å²) in [5.41, 5.74) is 6.41. The fourth-order valence-corrected chi connectivity index (χ4v) is 1.21. The molecule has 15 heavy (non-hydrogen) atoms. The Kier molecular flexibility index (Phi) is 4.34. The van der Waals surface area contributed by atoms with Gasteiger partial charge in [0, 0.05) is 11.8 Å². The van der Waals surface area contributed by atoms with Crippen molar-refractivity contribution in [3.05, 3.63) is 11.8 Å². The highest BCUT2D eigenvalue weighted by atomic mass is 16.5. The molecule has 0 atom stereocenters. The van der Waals surface area contributed by atoms with E-state index in [0.29, 0.717) is 12.0 Å². The Balaban J connectivity index is 0.000000531. The summed E-state index contributed by atoms with van der Waals surface area (Å²) >= 11 is 0. The van der Waals surface area contributed by atoms with E-state index in [2.05, 4.69) is 9.97 Å². The normalized spacial score (nSPS) is 14.9. The Morgan fingerprint density at radius 1 is 1.40 bits per heavy atom. The second kappa shape index (κ2) is 5.53. The summed E-state index contributed by atoms with van der Waals surface area (Å²) < 4.78 is 5.63. The molecule has 0 aromatic carbocycles. The maximum Gasteiger partial charge on any atom is 0.223 e. The minimum atomic E-state index is 0.278. The van der Waals surface area contributed by atoms with E-state index < -0.39 is 0 Å². The Bertz CT molecular complexity index is 311. The molecule has 0 aliphatic heterocycles. The van der Waals surface area contributed by atoms with Gasteiger partial charge in [0.1, 0.15) is 6.10 Å². The SMILES string of the molecule is CC.Cc1cnc(N)nc1OC1CCC1. The van der Waals surface area contributed by atoms with Gasteiger partial charge in [0.2, 0.25) is 11.8 Å². The van der Waals surface area contributed by atoms with Gasteiger partial charge >= 0.3 is 0 Å². The van der Waals surface area contributed by atoms with E-state index in [-0.39, 0.29) is 5.95 Å². The molecule has 1 heterocycles. The van der Waals surface area contributed by atoms with Crippen LogP contribution in [-0.4, -0.2) is 16.1 Å². The maximum atomic E-state index is 5.63. The highest BCUT2D eigenvalue weighted by Gasteiger charge is 2.20. The van der Waals surface area contributed by atoms with Crippen molar-refractivity contribution in [3.8, 4) is 5.88 Å². The second-order valence-electron chi connectivity index (χ2n) is 3.39. The van der Waals surface area contributed by atoms with Gasteiger partial charge in [0.15, 0.2) is 0 Å². The third-order valence-electron chi connectivity index (χ3n) is 2.27. The quantitative estimate of drug-likeness (QED) is 0.812. The van der Waals surface area contributed by atoms with E-state index in [9.17, 15) is 0 Å². The van der Waals surface area contributed by atoms with Crippen molar-refractivity contribution in [1.82, 2.24) is 9.97 Å². The molecule has 0 amide bonds. The summed E-state index contributed by atoms with van der Waals surface area (Å²) in [7, 11) is 0. The van der Waals surface area contributed by atoms with Crippen molar-refractivity contribution in [2.45, 2.75) is 46.1 Å². The van der Waals surface area contributed by atoms with Crippen LogP contribution in [0.1, 0.15) is 38.7 Å². The fraction of sp³-hybridized carbons (Fsp3) is 0.636. The molecule has 1 fully saturated rings. The molecule has 1 aliphatic rings. The summed E-state index contributed by atoms with van der Waals surface area (Å²) in [4.78, 5) is 7.92. The van der Waals surface area contributed by atoms with E-state index in [0.717, 1.165) is 18.4 Å². The third kappa shape index (κ3) is 3.08. The predicted octanol–water partition coefficient (Wildman–Crippen LogP) is 2.32. The molecular formula is C11H19N3O. The van der Waals surface area contributed by atoms with Crippen LogP contribution in [0.3, 0.4) is 0 Å². The second-order valence-corrected chi connectivity index (χ2v) is 3.39. The Hall–Kier alpha value is -1.32. The van der Waals surface area contributed by atoms with Crippen molar-refractivity contribution in [2.24, 2.45) is 0 Å². The molecule has 1 aromatic rings. The summed E-state index contributed by atoms with van der Waals surface area (Å²) in [6, 6.07) is 0. The zero-order valence-electron chi connectivity index (χ0n) is 9.66. The standard InChI is InChI=1S/C9H13N3O.C2H6/c1-6-5-11-9(10)12-8(6)13-7-3-2-4-7;1-2/h5,7H,2-4H2,1H3,(H2,10,11,12);1-2H3. The lowest BCUT2D eigenvalue weighted by Gasteiger charge is -2.26. The molecule has 0 radical (unpaired) electrons. The molecule has 1 aromatic heterocycles. The largest absolute Gasteiger partial charge is 0.474 e. The van der Waals surface area contributed by atoms with Gasteiger partial charge in [0.05, 0.1) is 0 Å². The molecule has 1 saturated carbocycles. The molecule has 0 unspecified atom stereocenters. The molecule has 1 aliphatic carbocycles. The Morgan fingerprint density at radius 2 is 2.07 bits per heavy atom. The first-order chi connectivity index (χ1) is 7.25. The van der Waals surface area contributed by atoms with Gasteiger partial charge in [0.25, 0.3) is 0 Å². The van der Waals surface area contributed by atoms with Crippen LogP contribution in [0.2, 0.25) is 0 Å². The van der Waals surface area contributed by atoms with Crippen LogP contribution in [0.25, 0.3) is 0 Å². The van der Waals surface area contributed by atoms with Crippen LogP contribution in [0, 0.1) is 6.92 Å². The molecule has 4 nitrogen and oxygen atoms in total. The predicted molar refractivity (Wildman–Crippen MR) is 60.8 cm³/mol. The Labute approximate surface area is 90.9 Å². The fourth-order valence-electron chi connectivity index (χ4n) is 1.21. The van der Waals surface area contributed by atoms with Crippen molar-refractivity contribution in [3.63, 3.8) is 0 Å². The van der Waals surface area contributed by atoms with Gasteiger partial charge in [-0.15, -0.1) is 0 Å². The number of nitrogens with two attached hydrogens (primary N) is 1. The number of hydrogen-bond donors (Lipinski definition) is 1. The lowest BCUT2D eigenvalue weighted by molar-refractivity contribution is 0.113. The van der Waals surface area contributed by atoms with E-state index in [1.165, 1.54) is 6.42 Å². The van der Waals surface area contributed by atoms with Gasteiger partial charge in [-0.3, -0.25) is 0 Å². The third-order valence-corrected chi connectivity index (χ3v) is 2.27. The number of nitrogens with zero attached hydrogens (tertiary/aromatic N) is 2. The van der Waals surface area contributed by atoms with E-state index in [4.69, 9.17) is 10.5 Å². The number of anilines is 1. The Morgan fingerprint density at radius 3 is 2.60 bits per heavy atom. The number of aryl methyl sites for hydroxylation is 1. The monoisotopic (exact) mass is 209 g/mol. The number of nitrogen functional groups attached to an aromatic ring is 1. The lowest BCUT2D eigenvalue weighted by Crippen LogP contribution is -2.25. The average Bonchev–Trinajstić information content (AvgIpc) is 2.20. The van der Waals surface area contributed by atoms with Crippen LogP contribution >= 0.6 is 0 Å². The van der Waals surface area contributed by atoms with E-state index in [1.807, 2.05) is 20.8 Å². The molecule has 4 heteroatoms. The molecular weight excluding hydrogens is 190 g/mol. The van der Waals surface area contributed by atoms with Crippen LogP contribution in [-0.2, 0) is 0 Å². The number of ether oxygens (including phenoxy) is 1. The first-order valence-corrected chi connectivity index (χ1v) is 5.51. The van der Waals surface area contributed by atoms with Crippen molar-refractivity contribution >= 4 is 5.95 Å². The summed E-state index contributed by atoms with van der Waals surface area (Å²) in [5, 5.41) is 0. The van der Waals surface area contributed by atoms with Gasteiger partial charge < -0.3 is 10.5 Å². The van der Waals surface area contributed by atoms with Crippen LogP contribution in [0.5, 0.6) is 5.88 Å². The van der Waals surface area contributed by atoms with Crippen LogP contribution in [0.15, 0.2) is 6.20 Å². The van der Waals surface area contributed by atoms with Crippen LogP contribution < -0.4 is 10.5 Å². The zero-order valence-corrected chi connectivity index (χ0v) is 9.66. The zero-order chi connectivity index (χ0) is 11.3. The summed E-state index contributed by atoms with van der Waals surface area (Å²) in [6.45, 7) is 5.92. The molecule has 84 valence electrons. The van der Waals surface area contributed by atoms with E-state index >= 15 is 0 Å². The summed E-state index contributed by atoms with van der Waals surface area (Å²) in [6.07, 6.45) is 5.54. The van der Waals surface area contributed by atoms with E-state index in [1.54, 1.807) is 6.20 Å². The number of aromatic nitrogens is 2. The highest BCUT2D eigenvalue weighted by molar-refractivity contribution is 5.28. The molecule has 0 bridgehead atoms. The first kappa shape index (κ1) is 11.8.